The Hall–Kier alpha value is -2.41. The quantitative estimate of drug-likeness (QED) is 0.529. The monoisotopic (exact) mass is 388 g/mol. The third-order valence-corrected chi connectivity index (χ3v) is 5.96. The molecule has 0 saturated carbocycles. The average molecular weight is 388 g/mol. The summed E-state index contributed by atoms with van der Waals surface area (Å²) in [5.41, 5.74) is 0.617. The molecule has 4 aliphatic rings. The second kappa shape index (κ2) is 6.58. The Morgan fingerprint density at radius 2 is 2.07 bits per heavy atom. The van der Waals surface area contributed by atoms with Gasteiger partial charge in [-0.3, -0.25) is 4.79 Å². The lowest BCUT2D eigenvalue weighted by molar-refractivity contribution is -0.145. The van der Waals surface area contributed by atoms with Crippen molar-refractivity contribution in [3.63, 3.8) is 0 Å². The summed E-state index contributed by atoms with van der Waals surface area (Å²) in [4.78, 5) is 37.9. The van der Waals surface area contributed by atoms with Crippen LogP contribution in [0, 0.1) is 5.92 Å². The van der Waals surface area contributed by atoms with E-state index in [-0.39, 0.29) is 23.7 Å². The van der Waals surface area contributed by atoms with E-state index in [1.807, 2.05) is 6.92 Å². The van der Waals surface area contributed by atoms with Crippen LogP contribution < -0.4 is 0 Å². The predicted octanol–water partition coefficient (Wildman–Crippen LogP) is 2.16. The second-order valence-corrected chi connectivity index (χ2v) is 8.28. The Morgan fingerprint density at radius 3 is 2.75 bits per heavy atom. The number of Topliss-reactive ketones (excluding diaryl/α,β-unsaturated/α-hetero) is 1. The highest BCUT2D eigenvalue weighted by Gasteiger charge is 2.51. The van der Waals surface area contributed by atoms with Crippen LogP contribution in [0.4, 0.5) is 0 Å². The summed E-state index contributed by atoms with van der Waals surface area (Å²) in [6.07, 6.45) is 1.07. The van der Waals surface area contributed by atoms with Crippen molar-refractivity contribution in [1.29, 1.82) is 0 Å². The van der Waals surface area contributed by atoms with Crippen LogP contribution in [-0.4, -0.2) is 48.7 Å². The van der Waals surface area contributed by atoms with Crippen LogP contribution >= 0.6 is 0 Å². The number of allylic oxidation sites excluding steroid dienone is 2. The van der Waals surface area contributed by atoms with Crippen LogP contribution in [-0.2, 0) is 33.3 Å². The van der Waals surface area contributed by atoms with E-state index in [4.69, 9.17) is 18.9 Å². The molecule has 6 bridgehead atoms. The zero-order valence-corrected chi connectivity index (χ0v) is 16.3. The molecule has 4 heterocycles. The molecule has 28 heavy (non-hydrogen) atoms. The Labute approximate surface area is 163 Å². The summed E-state index contributed by atoms with van der Waals surface area (Å²) in [6.45, 7) is 7.74. The molecule has 0 aliphatic carbocycles. The third-order valence-electron chi connectivity index (χ3n) is 5.96. The van der Waals surface area contributed by atoms with E-state index in [2.05, 4.69) is 6.58 Å². The fourth-order valence-corrected chi connectivity index (χ4v) is 4.52. The number of rotatable bonds is 2. The maximum absolute atomic E-state index is 12.8. The number of carbonyl (C=O) groups excluding carboxylic acids is 3. The molecule has 4 rings (SSSR count). The number of hydrogen-bond acceptors (Lipinski definition) is 7. The van der Waals surface area contributed by atoms with Gasteiger partial charge in [-0.05, 0) is 32.3 Å². The van der Waals surface area contributed by atoms with E-state index in [1.54, 1.807) is 13.0 Å². The minimum Gasteiger partial charge on any atom is -0.489 e. The van der Waals surface area contributed by atoms with Crippen LogP contribution in [0.3, 0.4) is 0 Å². The molecule has 0 spiro atoms. The fraction of sp³-hybridized carbons (Fsp3) is 0.571. The van der Waals surface area contributed by atoms with E-state index >= 15 is 0 Å². The third kappa shape index (κ3) is 3.07. The highest BCUT2D eigenvalue weighted by atomic mass is 16.6. The molecule has 0 N–H and O–H groups in total. The molecule has 0 aromatic carbocycles. The van der Waals surface area contributed by atoms with Gasteiger partial charge in [0, 0.05) is 19.3 Å². The van der Waals surface area contributed by atoms with Gasteiger partial charge in [0.15, 0.2) is 11.9 Å². The van der Waals surface area contributed by atoms with E-state index < -0.39 is 35.9 Å². The summed E-state index contributed by atoms with van der Waals surface area (Å²) in [5.74, 6) is -0.967. The van der Waals surface area contributed by atoms with Crippen molar-refractivity contribution < 1.29 is 33.3 Å². The zero-order valence-electron chi connectivity index (χ0n) is 16.3. The van der Waals surface area contributed by atoms with E-state index in [0.29, 0.717) is 30.6 Å². The first-order valence-corrected chi connectivity index (χ1v) is 9.47. The molecular formula is C21H24O7. The fourth-order valence-electron chi connectivity index (χ4n) is 4.52. The van der Waals surface area contributed by atoms with Crippen LogP contribution in [0.15, 0.2) is 35.1 Å². The molecule has 0 unspecified atom stereocenters. The standard InChI is InChI=1S/C21H24O7/c1-10(2)11-5-15-13-7-12(26-19(13)23)8-21(3)9-14(22)18(28-21)17(20(24)25-4)16(6-11)27-15/h7,11-12,15,18H,1,5-6,8-9H2,2-4H3/b17-16+/t11-,12+,15+,18+,21+/m1/s1. The highest BCUT2D eigenvalue weighted by Crippen LogP contribution is 2.44. The first-order chi connectivity index (χ1) is 13.2. The summed E-state index contributed by atoms with van der Waals surface area (Å²) < 4.78 is 22.6. The Morgan fingerprint density at radius 1 is 1.32 bits per heavy atom. The van der Waals surface area contributed by atoms with E-state index in [1.165, 1.54) is 7.11 Å². The van der Waals surface area contributed by atoms with Gasteiger partial charge in [-0.25, -0.2) is 9.59 Å². The van der Waals surface area contributed by atoms with Gasteiger partial charge < -0.3 is 18.9 Å². The number of methoxy groups -OCH3 is 1. The van der Waals surface area contributed by atoms with Crippen LogP contribution in [0.25, 0.3) is 0 Å². The van der Waals surface area contributed by atoms with Crippen molar-refractivity contribution in [3.8, 4) is 0 Å². The van der Waals surface area contributed by atoms with Crippen LogP contribution in [0.5, 0.6) is 0 Å². The number of ketones is 1. The second-order valence-electron chi connectivity index (χ2n) is 8.28. The average Bonchev–Trinajstić information content (AvgIpc) is 3.12. The van der Waals surface area contributed by atoms with Gasteiger partial charge in [0.2, 0.25) is 0 Å². The number of esters is 2. The van der Waals surface area contributed by atoms with Crippen molar-refractivity contribution in [3.05, 3.63) is 35.1 Å². The molecule has 150 valence electrons. The Kier molecular flexibility index (Phi) is 4.45. The Bertz CT molecular complexity index is 836. The number of ether oxygens (including phenoxy) is 4. The van der Waals surface area contributed by atoms with Gasteiger partial charge in [-0.15, -0.1) is 0 Å². The molecule has 4 aliphatic heterocycles. The van der Waals surface area contributed by atoms with Gasteiger partial charge in [0.25, 0.3) is 0 Å². The molecule has 2 saturated heterocycles. The molecule has 7 heteroatoms. The lowest BCUT2D eigenvalue weighted by Gasteiger charge is -2.34. The smallest absolute Gasteiger partial charge is 0.340 e. The summed E-state index contributed by atoms with van der Waals surface area (Å²) in [6, 6.07) is 0. The number of hydrogen-bond donors (Lipinski definition) is 0. The maximum atomic E-state index is 12.8. The molecule has 0 aromatic rings. The van der Waals surface area contributed by atoms with Crippen molar-refractivity contribution in [2.24, 2.45) is 5.92 Å². The van der Waals surface area contributed by atoms with Crippen molar-refractivity contribution in [2.75, 3.05) is 7.11 Å². The van der Waals surface area contributed by atoms with Crippen molar-refractivity contribution in [1.82, 2.24) is 0 Å². The van der Waals surface area contributed by atoms with Crippen molar-refractivity contribution >= 4 is 17.7 Å². The first-order valence-electron chi connectivity index (χ1n) is 9.47. The summed E-state index contributed by atoms with van der Waals surface area (Å²) in [7, 11) is 1.26. The molecule has 0 aromatic heterocycles. The largest absolute Gasteiger partial charge is 0.489 e. The summed E-state index contributed by atoms with van der Waals surface area (Å²) in [5, 5.41) is 0. The minimum atomic E-state index is -1.05. The normalized spacial score (nSPS) is 39.5. The van der Waals surface area contributed by atoms with Gasteiger partial charge in [-0.2, -0.15) is 0 Å². The highest BCUT2D eigenvalue weighted by molar-refractivity contribution is 6.01. The minimum absolute atomic E-state index is 0.00945. The number of carbonyl (C=O) groups is 3. The SMILES string of the molecule is C=C(C)[C@H]1C/C2=C(\C(=O)OC)[C@H]3O[C@](C)(CC3=O)C[C@@H]3C=C(C(=O)O3)[C@H](C1)O2. The molecular weight excluding hydrogens is 364 g/mol. The Balaban J connectivity index is 1.88. The lowest BCUT2D eigenvalue weighted by Crippen LogP contribution is -2.35. The van der Waals surface area contributed by atoms with Crippen molar-refractivity contribution in [2.45, 2.75) is 63.4 Å². The molecule has 0 radical (unpaired) electrons. The molecule has 2 fully saturated rings. The van der Waals surface area contributed by atoms with Gasteiger partial charge in [-0.1, -0.05) is 12.2 Å². The van der Waals surface area contributed by atoms with Gasteiger partial charge in [0.05, 0.1) is 18.3 Å². The number of fused-ring (bicyclic) bond motifs is 6. The molecule has 0 amide bonds. The molecule has 7 nitrogen and oxygen atoms in total. The van der Waals surface area contributed by atoms with Gasteiger partial charge >= 0.3 is 11.9 Å². The molecule has 5 atom stereocenters. The van der Waals surface area contributed by atoms with Crippen LogP contribution in [0.1, 0.15) is 39.5 Å². The first kappa shape index (κ1) is 18.9. The topological polar surface area (TPSA) is 88.1 Å². The lowest BCUT2D eigenvalue weighted by atomic mass is 9.84. The summed E-state index contributed by atoms with van der Waals surface area (Å²) >= 11 is 0. The zero-order chi connectivity index (χ0) is 20.2. The predicted molar refractivity (Wildman–Crippen MR) is 96.9 cm³/mol. The van der Waals surface area contributed by atoms with Crippen LogP contribution in [0.2, 0.25) is 0 Å². The van der Waals surface area contributed by atoms with Gasteiger partial charge in [0.1, 0.15) is 23.5 Å². The van der Waals surface area contributed by atoms with E-state index in [0.717, 1.165) is 5.57 Å². The van der Waals surface area contributed by atoms with E-state index in [9.17, 15) is 14.4 Å². The maximum Gasteiger partial charge on any atom is 0.340 e.